The topological polar surface area (TPSA) is 54.5 Å². The number of fused-ring (bicyclic) bond motifs is 1. The number of hydrogen-bond acceptors (Lipinski definition) is 5. The van der Waals surface area contributed by atoms with Gasteiger partial charge in [-0.05, 0) is 36.8 Å². The molecule has 0 aromatic carbocycles. The highest BCUT2D eigenvalue weighted by atomic mass is 32.2. The van der Waals surface area contributed by atoms with Gasteiger partial charge in [-0.3, -0.25) is 0 Å². The third-order valence-corrected chi connectivity index (χ3v) is 6.20. The molecular weight excluding hydrogens is 300 g/mol. The smallest absolute Gasteiger partial charge is 0.192 e. The maximum atomic E-state index is 8.67. The number of thioether (sulfide) groups is 1. The molecule has 2 aromatic heterocycles. The van der Waals surface area contributed by atoms with E-state index in [0.29, 0.717) is 5.75 Å². The van der Waals surface area contributed by atoms with E-state index < -0.39 is 0 Å². The fourth-order valence-electron chi connectivity index (χ4n) is 2.81. The summed E-state index contributed by atoms with van der Waals surface area (Å²) < 4.78 is 2.00. The predicted molar refractivity (Wildman–Crippen MR) is 86.5 cm³/mol. The van der Waals surface area contributed by atoms with Crippen LogP contribution < -0.4 is 0 Å². The lowest BCUT2D eigenvalue weighted by Crippen LogP contribution is -2.10. The van der Waals surface area contributed by atoms with Gasteiger partial charge in [0.2, 0.25) is 0 Å². The Labute approximate surface area is 133 Å². The van der Waals surface area contributed by atoms with Crippen molar-refractivity contribution in [3.63, 3.8) is 0 Å². The molecule has 0 unspecified atom stereocenters. The molecule has 2 heterocycles. The van der Waals surface area contributed by atoms with Crippen molar-refractivity contribution in [3.05, 3.63) is 16.5 Å². The van der Waals surface area contributed by atoms with E-state index in [-0.39, 0.29) is 0 Å². The number of thiophene rings is 1. The van der Waals surface area contributed by atoms with Crippen LogP contribution in [0.25, 0.3) is 10.7 Å². The SMILES string of the molecule is CC[C@@H]1CCc2sc(-c3nnc(SCC#N)n3C)cc2C1. The van der Waals surface area contributed by atoms with Crippen LogP contribution in [0, 0.1) is 17.2 Å². The van der Waals surface area contributed by atoms with Gasteiger partial charge >= 0.3 is 0 Å². The Balaban J connectivity index is 1.87. The molecule has 0 saturated heterocycles. The number of aryl methyl sites for hydroxylation is 1. The zero-order valence-electron chi connectivity index (χ0n) is 12.3. The second kappa shape index (κ2) is 6.20. The highest BCUT2D eigenvalue weighted by Gasteiger charge is 2.22. The van der Waals surface area contributed by atoms with Gasteiger partial charge in [-0.15, -0.1) is 21.5 Å². The molecule has 0 amide bonds. The van der Waals surface area contributed by atoms with Crippen LogP contribution in [0.5, 0.6) is 0 Å². The molecule has 1 aliphatic carbocycles. The Morgan fingerprint density at radius 1 is 1.52 bits per heavy atom. The van der Waals surface area contributed by atoms with E-state index >= 15 is 0 Å². The first-order valence-corrected chi connectivity index (χ1v) is 9.04. The Morgan fingerprint density at radius 2 is 2.38 bits per heavy atom. The minimum absolute atomic E-state index is 0.408. The van der Waals surface area contributed by atoms with Gasteiger partial charge in [-0.25, -0.2) is 0 Å². The number of rotatable bonds is 4. The summed E-state index contributed by atoms with van der Waals surface area (Å²) in [7, 11) is 1.97. The van der Waals surface area contributed by atoms with Crippen LogP contribution >= 0.6 is 23.1 Å². The first-order chi connectivity index (χ1) is 10.2. The van der Waals surface area contributed by atoms with Crippen molar-refractivity contribution < 1.29 is 0 Å². The number of hydrogen-bond donors (Lipinski definition) is 0. The normalized spacial score (nSPS) is 17.5. The van der Waals surface area contributed by atoms with Gasteiger partial charge in [0.05, 0.1) is 16.7 Å². The minimum Gasteiger partial charge on any atom is -0.304 e. The Kier molecular flexibility index (Phi) is 4.32. The lowest BCUT2D eigenvalue weighted by molar-refractivity contribution is 0.449. The van der Waals surface area contributed by atoms with Gasteiger partial charge < -0.3 is 4.57 Å². The summed E-state index contributed by atoms with van der Waals surface area (Å²) in [6.45, 7) is 2.28. The van der Waals surface area contributed by atoms with Crippen LogP contribution in [-0.2, 0) is 19.9 Å². The van der Waals surface area contributed by atoms with Crippen molar-refractivity contribution >= 4 is 23.1 Å². The summed E-state index contributed by atoms with van der Waals surface area (Å²) in [6.07, 6.45) is 4.98. The van der Waals surface area contributed by atoms with Gasteiger partial charge in [0.1, 0.15) is 0 Å². The lowest BCUT2D eigenvalue weighted by atomic mass is 9.87. The second-order valence-electron chi connectivity index (χ2n) is 5.39. The van der Waals surface area contributed by atoms with Gasteiger partial charge in [-0.2, -0.15) is 5.26 Å². The predicted octanol–water partition coefficient (Wildman–Crippen LogP) is 3.67. The van der Waals surface area contributed by atoms with E-state index in [2.05, 4.69) is 29.3 Å². The van der Waals surface area contributed by atoms with E-state index in [1.54, 1.807) is 0 Å². The van der Waals surface area contributed by atoms with Crippen LogP contribution in [0.2, 0.25) is 0 Å². The lowest BCUT2D eigenvalue weighted by Gasteiger charge is -2.19. The average Bonchev–Trinajstić information content (AvgIpc) is 3.07. The second-order valence-corrected chi connectivity index (χ2v) is 7.47. The van der Waals surface area contributed by atoms with Crippen molar-refractivity contribution in [2.45, 2.75) is 37.8 Å². The number of nitriles is 1. The molecule has 1 atom stereocenters. The largest absolute Gasteiger partial charge is 0.304 e. The molecule has 0 bridgehead atoms. The van der Waals surface area contributed by atoms with Crippen molar-refractivity contribution in [1.29, 1.82) is 5.26 Å². The molecule has 0 fully saturated rings. The average molecular weight is 318 g/mol. The monoisotopic (exact) mass is 318 g/mol. The number of aromatic nitrogens is 3. The zero-order valence-corrected chi connectivity index (χ0v) is 13.9. The van der Waals surface area contributed by atoms with Gasteiger partial charge in [0.25, 0.3) is 0 Å². The molecule has 0 N–H and O–H groups in total. The quantitative estimate of drug-likeness (QED) is 0.807. The molecule has 3 rings (SSSR count). The van der Waals surface area contributed by atoms with Crippen LogP contribution in [0.1, 0.15) is 30.2 Å². The molecule has 21 heavy (non-hydrogen) atoms. The molecule has 1 aliphatic rings. The third-order valence-electron chi connectivity index (χ3n) is 4.08. The van der Waals surface area contributed by atoms with E-state index in [1.165, 1.54) is 52.8 Å². The standard InChI is InChI=1S/C15H18N4S2/c1-3-10-4-5-12-11(8-10)9-13(21-12)14-17-18-15(19(14)2)20-7-6-16/h9-10H,3-5,7-8H2,1-2H3/t10-/m1/s1. The highest BCUT2D eigenvalue weighted by molar-refractivity contribution is 7.99. The summed E-state index contributed by atoms with van der Waals surface area (Å²) in [5, 5.41) is 18.0. The Hall–Kier alpha value is -1.32. The number of nitrogens with zero attached hydrogens (tertiary/aromatic N) is 4. The molecule has 110 valence electrons. The fourth-order valence-corrected chi connectivity index (χ4v) is 4.61. The molecule has 0 radical (unpaired) electrons. The van der Waals surface area contributed by atoms with Crippen molar-refractivity contribution in [2.24, 2.45) is 13.0 Å². The minimum atomic E-state index is 0.408. The van der Waals surface area contributed by atoms with Crippen LogP contribution in [0.3, 0.4) is 0 Å². The molecule has 0 aliphatic heterocycles. The van der Waals surface area contributed by atoms with Gasteiger partial charge in [-0.1, -0.05) is 25.1 Å². The summed E-state index contributed by atoms with van der Waals surface area (Å²) in [6, 6.07) is 4.42. The summed E-state index contributed by atoms with van der Waals surface area (Å²) in [4.78, 5) is 2.72. The van der Waals surface area contributed by atoms with Gasteiger partial charge in [0.15, 0.2) is 11.0 Å². The summed E-state index contributed by atoms with van der Waals surface area (Å²) in [5.74, 6) is 2.16. The third kappa shape index (κ3) is 2.85. The summed E-state index contributed by atoms with van der Waals surface area (Å²) in [5.41, 5.74) is 1.50. The fraction of sp³-hybridized carbons (Fsp3) is 0.533. The first kappa shape index (κ1) is 14.6. The maximum Gasteiger partial charge on any atom is 0.192 e. The first-order valence-electron chi connectivity index (χ1n) is 7.24. The van der Waals surface area contributed by atoms with E-state index in [4.69, 9.17) is 5.26 Å². The van der Waals surface area contributed by atoms with Gasteiger partial charge in [0, 0.05) is 11.9 Å². The van der Waals surface area contributed by atoms with Crippen LogP contribution in [0.4, 0.5) is 0 Å². The van der Waals surface area contributed by atoms with E-state index in [9.17, 15) is 0 Å². The molecular formula is C15H18N4S2. The molecule has 0 spiro atoms. The van der Waals surface area contributed by atoms with E-state index in [1.807, 2.05) is 23.0 Å². The van der Waals surface area contributed by atoms with Crippen LogP contribution in [-0.4, -0.2) is 20.5 Å². The Bertz CT molecular complexity index is 680. The molecule has 4 nitrogen and oxygen atoms in total. The van der Waals surface area contributed by atoms with Crippen molar-refractivity contribution in [3.8, 4) is 16.8 Å². The van der Waals surface area contributed by atoms with Crippen LogP contribution in [0.15, 0.2) is 11.2 Å². The highest BCUT2D eigenvalue weighted by Crippen LogP contribution is 2.37. The molecule has 2 aromatic rings. The Morgan fingerprint density at radius 3 is 3.14 bits per heavy atom. The molecule has 6 heteroatoms. The van der Waals surface area contributed by atoms with E-state index in [0.717, 1.165) is 16.9 Å². The maximum absolute atomic E-state index is 8.67. The zero-order chi connectivity index (χ0) is 14.8. The van der Waals surface area contributed by atoms with Crippen molar-refractivity contribution in [1.82, 2.24) is 14.8 Å². The van der Waals surface area contributed by atoms with Crippen molar-refractivity contribution in [2.75, 3.05) is 5.75 Å². The molecule has 0 saturated carbocycles. The summed E-state index contributed by atoms with van der Waals surface area (Å²) >= 11 is 3.29.